The molecular formula is C35H30ClNO4. The van der Waals surface area contributed by atoms with Gasteiger partial charge in [-0.2, -0.15) is 4.57 Å². The molecule has 2 aliphatic carbocycles. The second-order valence-electron chi connectivity index (χ2n) is 10.5. The molecule has 0 spiro atoms. The smallest absolute Gasteiger partial charge is 0.217 e. The lowest BCUT2D eigenvalue weighted by molar-refractivity contribution is -2.00. The van der Waals surface area contributed by atoms with Gasteiger partial charge in [0.25, 0.3) is 0 Å². The number of fused-ring (bicyclic) bond motifs is 6. The van der Waals surface area contributed by atoms with E-state index in [9.17, 15) is 0 Å². The van der Waals surface area contributed by atoms with Gasteiger partial charge in [0.2, 0.25) is 11.4 Å². The van der Waals surface area contributed by atoms with Gasteiger partial charge in [-0.05, 0) is 60.1 Å². The number of pyridine rings is 1. The molecule has 7 rings (SSSR count). The summed E-state index contributed by atoms with van der Waals surface area (Å²) in [6, 6.07) is 40.3. The summed E-state index contributed by atoms with van der Waals surface area (Å²) in [7, 11) is -4.94. The van der Waals surface area contributed by atoms with Crippen molar-refractivity contribution in [2.24, 2.45) is 0 Å². The maximum atomic E-state index is 8.49. The molecule has 6 heteroatoms. The molecule has 0 unspecified atom stereocenters. The number of benzene rings is 4. The van der Waals surface area contributed by atoms with Gasteiger partial charge >= 0.3 is 0 Å². The standard InChI is InChI=1S/C35H30N.ClHO4/c1-3-11-25(12-4-1)23-24-36-34-29-17-9-7-13-26(29)19-21-31(34)33(28-15-5-2-6-16-28)32-22-20-27-14-8-10-18-30(27)35(32)36;2-1(3,4)5/h1-18H,19-24H2;(H,2,3,4,5)/q+1;/p-1. The predicted molar refractivity (Wildman–Crippen MR) is 148 cm³/mol. The van der Waals surface area contributed by atoms with Crippen molar-refractivity contribution >= 4 is 0 Å². The van der Waals surface area contributed by atoms with Crippen LogP contribution >= 0.6 is 0 Å². The van der Waals surface area contributed by atoms with Crippen LogP contribution in [0.3, 0.4) is 0 Å². The molecule has 0 radical (unpaired) electrons. The van der Waals surface area contributed by atoms with E-state index >= 15 is 0 Å². The molecule has 0 fully saturated rings. The van der Waals surface area contributed by atoms with Crippen molar-refractivity contribution in [2.75, 3.05) is 0 Å². The Bertz CT molecular complexity index is 1600. The zero-order valence-electron chi connectivity index (χ0n) is 22.6. The first-order chi connectivity index (χ1) is 19.9. The van der Waals surface area contributed by atoms with Gasteiger partial charge in [0.1, 0.15) is 0 Å². The summed E-state index contributed by atoms with van der Waals surface area (Å²) in [6.07, 6.45) is 5.43. The van der Waals surface area contributed by atoms with Crippen LogP contribution < -0.4 is 23.2 Å². The molecule has 0 saturated heterocycles. The molecule has 2 aliphatic rings. The van der Waals surface area contributed by atoms with E-state index in [2.05, 4.69) is 114 Å². The zero-order chi connectivity index (χ0) is 28.4. The fourth-order valence-electron chi connectivity index (χ4n) is 6.48. The third kappa shape index (κ3) is 5.82. The van der Waals surface area contributed by atoms with Crippen LogP contribution in [0, 0.1) is 10.2 Å². The quantitative estimate of drug-likeness (QED) is 0.314. The molecule has 41 heavy (non-hydrogen) atoms. The molecule has 206 valence electrons. The first kappa shape index (κ1) is 27.3. The van der Waals surface area contributed by atoms with Crippen LogP contribution in [0.5, 0.6) is 0 Å². The first-order valence-corrected chi connectivity index (χ1v) is 15.1. The Kier molecular flexibility index (Phi) is 7.71. The van der Waals surface area contributed by atoms with Crippen LogP contribution in [0.4, 0.5) is 0 Å². The molecule has 5 aromatic rings. The highest BCUT2D eigenvalue weighted by atomic mass is 35.7. The van der Waals surface area contributed by atoms with Gasteiger partial charge in [-0.1, -0.05) is 97.1 Å². The summed E-state index contributed by atoms with van der Waals surface area (Å²) in [4.78, 5) is 0. The second kappa shape index (κ2) is 11.6. The van der Waals surface area contributed by atoms with Gasteiger partial charge in [0.05, 0.1) is 0 Å². The highest BCUT2D eigenvalue weighted by molar-refractivity contribution is 5.85. The third-order valence-corrected chi connectivity index (χ3v) is 8.08. The minimum Gasteiger partial charge on any atom is -0.222 e. The van der Waals surface area contributed by atoms with E-state index in [-0.39, 0.29) is 0 Å². The summed E-state index contributed by atoms with van der Waals surface area (Å²) < 4.78 is 36.7. The molecule has 0 saturated carbocycles. The number of hydrogen-bond donors (Lipinski definition) is 0. The first-order valence-electron chi connectivity index (χ1n) is 13.9. The van der Waals surface area contributed by atoms with Gasteiger partial charge in [-0.25, -0.2) is 18.6 Å². The Morgan fingerprint density at radius 3 is 1.49 bits per heavy atom. The van der Waals surface area contributed by atoms with Gasteiger partial charge in [-0.3, -0.25) is 0 Å². The third-order valence-electron chi connectivity index (χ3n) is 8.08. The Hall–Kier alpha value is -3.84. The molecule has 0 aliphatic heterocycles. The van der Waals surface area contributed by atoms with Crippen molar-refractivity contribution < 1.29 is 33.4 Å². The lowest BCUT2D eigenvalue weighted by Crippen LogP contribution is -2.68. The van der Waals surface area contributed by atoms with E-state index in [4.69, 9.17) is 18.6 Å². The molecule has 1 heterocycles. The van der Waals surface area contributed by atoms with Crippen LogP contribution in [0.25, 0.3) is 33.6 Å². The fourth-order valence-corrected chi connectivity index (χ4v) is 6.48. The molecular weight excluding hydrogens is 534 g/mol. The van der Waals surface area contributed by atoms with Crippen molar-refractivity contribution in [3.63, 3.8) is 0 Å². The Morgan fingerprint density at radius 1 is 0.537 bits per heavy atom. The van der Waals surface area contributed by atoms with E-state index in [1.54, 1.807) is 0 Å². The van der Waals surface area contributed by atoms with E-state index in [0.29, 0.717) is 0 Å². The fraction of sp³-hybridized carbons (Fsp3) is 0.171. The molecule has 0 amide bonds. The Balaban J connectivity index is 0.000000559. The zero-order valence-corrected chi connectivity index (χ0v) is 23.3. The summed E-state index contributed by atoms with van der Waals surface area (Å²) in [5.41, 5.74) is 15.9. The van der Waals surface area contributed by atoms with Crippen molar-refractivity contribution in [3.8, 4) is 33.6 Å². The predicted octanol–water partition coefficient (Wildman–Crippen LogP) is 2.66. The minimum atomic E-state index is -4.94. The van der Waals surface area contributed by atoms with E-state index in [0.717, 1.165) is 38.6 Å². The van der Waals surface area contributed by atoms with Crippen LogP contribution in [-0.4, -0.2) is 0 Å². The van der Waals surface area contributed by atoms with E-state index in [1.807, 2.05) is 0 Å². The number of aromatic nitrogens is 1. The lowest BCUT2D eigenvalue weighted by atomic mass is 9.77. The normalized spacial score (nSPS) is 13.2. The van der Waals surface area contributed by atoms with Gasteiger partial charge < -0.3 is 0 Å². The van der Waals surface area contributed by atoms with Crippen molar-refractivity contribution in [2.45, 2.75) is 38.6 Å². The van der Waals surface area contributed by atoms with Crippen LogP contribution in [-0.2, 0) is 38.6 Å². The van der Waals surface area contributed by atoms with Crippen molar-refractivity contribution in [1.29, 1.82) is 0 Å². The number of halogens is 1. The highest BCUT2D eigenvalue weighted by Gasteiger charge is 2.37. The molecule has 0 N–H and O–H groups in total. The maximum absolute atomic E-state index is 8.49. The van der Waals surface area contributed by atoms with Crippen LogP contribution in [0.15, 0.2) is 109 Å². The maximum Gasteiger partial charge on any atom is 0.217 e. The highest BCUT2D eigenvalue weighted by Crippen LogP contribution is 2.44. The largest absolute Gasteiger partial charge is 0.222 e. The van der Waals surface area contributed by atoms with E-state index < -0.39 is 10.2 Å². The monoisotopic (exact) mass is 563 g/mol. The molecule has 1 aromatic heterocycles. The minimum absolute atomic E-state index is 0.979. The molecule has 0 atom stereocenters. The van der Waals surface area contributed by atoms with Gasteiger partial charge in [0, 0.05) is 34.2 Å². The lowest BCUT2D eigenvalue weighted by Gasteiger charge is -2.28. The average molecular weight is 564 g/mol. The summed E-state index contributed by atoms with van der Waals surface area (Å²) in [5, 5.41) is 0. The molecule has 4 aromatic carbocycles. The summed E-state index contributed by atoms with van der Waals surface area (Å²) in [6.45, 7) is 0.979. The number of rotatable bonds is 4. The summed E-state index contributed by atoms with van der Waals surface area (Å²) >= 11 is 0. The Labute approximate surface area is 242 Å². The van der Waals surface area contributed by atoms with Crippen molar-refractivity contribution in [3.05, 3.63) is 137 Å². The Morgan fingerprint density at radius 2 is 0.976 bits per heavy atom. The number of aryl methyl sites for hydroxylation is 3. The van der Waals surface area contributed by atoms with Crippen LogP contribution in [0.2, 0.25) is 0 Å². The van der Waals surface area contributed by atoms with Gasteiger partial charge in [-0.15, -0.1) is 10.2 Å². The second-order valence-corrected chi connectivity index (χ2v) is 11.2. The van der Waals surface area contributed by atoms with Crippen LogP contribution in [0.1, 0.15) is 27.8 Å². The topological polar surface area (TPSA) is 96.1 Å². The SMILES string of the molecule is [O-][Cl+3]([O-])([O-])[O-].c1ccc(CC[n+]2c3c(c(-c4ccccc4)c4c2-c2ccccc2CC4)CCc2ccccc2-3)cc1. The van der Waals surface area contributed by atoms with E-state index in [1.165, 1.54) is 61.5 Å². The van der Waals surface area contributed by atoms with Gasteiger partial charge in [0.15, 0.2) is 6.54 Å². The summed E-state index contributed by atoms with van der Waals surface area (Å²) in [5.74, 6) is 0. The molecule has 5 nitrogen and oxygen atoms in total. The van der Waals surface area contributed by atoms with Crippen molar-refractivity contribution in [1.82, 2.24) is 0 Å². The molecule has 0 bridgehead atoms. The number of hydrogen-bond acceptors (Lipinski definition) is 4. The number of nitrogens with zero attached hydrogens (tertiary/aromatic N) is 1. The average Bonchev–Trinajstić information content (AvgIpc) is 2.99.